The number of rotatable bonds is 3. The Bertz CT molecular complexity index is 334. The molecule has 2 fully saturated rings. The van der Waals surface area contributed by atoms with Gasteiger partial charge in [-0.05, 0) is 12.8 Å². The molecule has 0 aromatic heterocycles. The van der Waals surface area contributed by atoms with Crippen molar-refractivity contribution in [2.45, 2.75) is 24.9 Å². The van der Waals surface area contributed by atoms with E-state index >= 15 is 0 Å². The van der Waals surface area contributed by atoms with Crippen LogP contribution in [0, 0.1) is 0 Å². The maximum Gasteiger partial charge on any atom is 0.345 e. The fourth-order valence-corrected chi connectivity index (χ4v) is 2.43. The molecule has 0 unspecified atom stereocenters. The van der Waals surface area contributed by atoms with E-state index in [9.17, 15) is 9.59 Å². The van der Waals surface area contributed by atoms with Gasteiger partial charge in [-0.2, -0.15) is 5.06 Å². The van der Waals surface area contributed by atoms with Crippen LogP contribution in [0.3, 0.4) is 0 Å². The lowest BCUT2D eigenvalue weighted by Gasteiger charge is -2.30. The van der Waals surface area contributed by atoms with Crippen molar-refractivity contribution in [2.75, 3.05) is 27.7 Å². The summed E-state index contributed by atoms with van der Waals surface area (Å²) in [4.78, 5) is 30.5. The molecule has 2 aliphatic heterocycles. The predicted octanol–water partition coefficient (Wildman–Crippen LogP) is -0.591. The van der Waals surface area contributed by atoms with E-state index in [-0.39, 0.29) is 24.0 Å². The smallest absolute Gasteiger partial charge is 0.309 e. The fraction of sp³-hybridized carbons (Fsp3) is 0.800. The Morgan fingerprint density at radius 1 is 1.47 bits per heavy atom. The maximum absolute atomic E-state index is 12.0. The van der Waals surface area contributed by atoms with Crippen LogP contribution in [0.2, 0.25) is 0 Å². The van der Waals surface area contributed by atoms with E-state index in [2.05, 4.69) is 5.43 Å². The molecule has 7 heteroatoms. The van der Waals surface area contributed by atoms with Gasteiger partial charge in [-0.1, -0.05) is 0 Å². The SMILES string of the molecule is CON1C(=O)N2C[C@H]1CC[C@H]2C(=O)NN(C)C. The Hall–Kier alpha value is -1.34. The molecular weight excluding hydrogens is 224 g/mol. The summed E-state index contributed by atoms with van der Waals surface area (Å²) in [5.41, 5.74) is 2.69. The molecule has 2 aliphatic rings. The number of carbonyl (C=O) groups is 2. The Morgan fingerprint density at radius 2 is 2.18 bits per heavy atom. The van der Waals surface area contributed by atoms with Crippen LogP contribution < -0.4 is 5.43 Å². The molecule has 0 aromatic carbocycles. The van der Waals surface area contributed by atoms with Crippen LogP contribution in [0.15, 0.2) is 0 Å². The number of hydrazine groups is 1. The summed E-state index contributed by atoms with van der Waals surface area (Å²) < 4.78 is 0. The third-order valence-corrected chi connectivity index (χ3v) is 3.16. The van der Waals surface area contributed by atoms with Crippen molar-refractivity contribution >= 4 is 11.9 Å². The number of hydroxylamine groups is 2. The third-order valence-electron chi connectivity index (χ3n) is 3.16. The zero-order chi connectivity index (χ0) is 12.6. The lowest BCUT2D eigenvalue weighted by molar-refractivity contribution is -0.130. The molecule has 3 amide bonds. The fourth-order valence-electron chi connectivity index (χ4n) is 2.43. The lowest BCUT2D eigenvalue weighted by Crippen LogP contribution is -2.52. The Kier molecular flexibility index (Phi) is 3.21. The summed E-state index contributed by atoms with van der Waals surface area (Å²) in [6.07, 6.45) is 1.47. The predicted molar refractivity (Wildman–Crippen MR) is 59.6 cm³/mol. The van der Waals surface area contributed by atoms with Gasteiger partial charge in [0, 0.05) is 20.6 Å². The summed E-state index contributed by atoms with van der Waals surface area (Å²) >= 11 is 0. The molecule has 2 bridgehead atoms. The van der Waals surface area contributed by atoms with Gasteiger partial charge in [-0.15, -0.1) is 0 Å². The number of hydrogen-bond acceptors (Lipinski definition) is 4. The molecule has 17 heavy (non-hydrogen) atoms. The maximum atomic E-state index is 12.0. The molecule has 2 heterocycles. The summed E-state index contributed by atoms with van der Waals surface area (Å²) in [7, 11) is 4.97. The number of urea groups is 1. The van der Waals surface area contributed by atoms with Crippen molar-refractivity contribution in [3.63, 3.8) is 0 Å². The summed E-state index contributed by atoms with van der Waals surface area (Å²) in [5, 5.41) is 2.95. The number of amides is 3. The van der Waals surface area contributed by atoms with Gasteiger partial charge in [0.05, 0.1) is 13.2 Å². The third kappa shape index (κ3) is 2.07. The topological polar surface area (TPSA) is 65.1 Å². The highest BCUT2D eigenvalue weighted by atomic mass is 16.7. The van der Waals surface area contributed by atoms with Gasteiger partial charge in [0.15, 0.2) is 0 Å². The molecule has 2 rings (SSSR count). The van der Waals surface area contributed by atoms with E-state index in [1.54, 1.807) is 24.0 Å². The normalized spacial score (nSPS) is 27.9. The minimum absolute atomic E-state index is 0.0795. The second kappa shape index (κ2) is 4.50. The first kappa shape index (κ1) is 12.1. The Balaban J connectivity index is 2.08. The monoisotopic (exact) mass is 242 g/mol. The van der Waals surface area contributed by atoms with Crippen LogP contribution in [0.25, 0.3) is 0 Å². The first-order valence-electron chi connectivity index (χ1n) is 5.66. The molecule has 0 aliphatic carbocycles. The van der Waals surface area contributed by atoms with Gasteiger partial charge in [-0.25, -0.2) is 9.80 Å². The highest BCUT2D eigenvalue weighted by Gasteiger charge is 2.47. The van der Waals surface area contributed by atoms with Gasteiger partial charge in [-0.3, -0.25) is 15.1 Å². The van der Waals surface area contributed by atoms with Crippen molar-refractivity contribution in [3.8, 4) is 0 Å². The van der Waals surface area contributed by atoms with Crippen molar-refractivity contribution < 1.29 is 14.4 Å². The first-order chi connectivity index (χ1) is 8.04. The lowest BCUT2D eigenvalue weighted by atomic mass is 10.0. The number of hydrogen-bond donors (Lipinski definition) is 1. The van der Waals surface area contributed by atoms with Crippen LogP contribution in [0.1, 0.15) is 12.8 Å². The van der Waals surface area contributed by atoms with Crippen molar-refractivity contribution in [1.29, 1.82) is 0 Å². The number of nitrogens with one attached hydrogen (secondary N) is 1. The molecule has 2 atom stereocenters. The Labute approximate surface area is 100 Å². The zero-order valence-electron chi connectivity index (χ0n) is 10.3. The van der Waals surface area contributed by atoms with E-state index in [1.807, 2.05) is 0 Å². The van der Waals surface area contributed by atoms with Gasteiger partial charge in [0.2, 0.25) is 0 Å². The second-order valence-electron chi connectivity index (χ2n) is 4.56. The molecule has 96 valence electrons. The largest absolute Gasteiger partial charge is 0.345 e. The van der Waals surface area contributed by atoms with Crippen molar-refractivity contribution in [1.82, 2.24) is 20.4 Å². The summed E-state index contributed by atoms with van der Waals surface area (Å²) in [6, 6.07) is -0.522. The average molecular weight is 242 g/mol. The zero-order valence-corrected chi connectivity index (χ0v) is 10.3. The summed E-state index contributed by atoms with van der Waals surface area (Å²) in [5.74, 6) is -0.139. The van der Waals surface area contributed by atoms with Crippen molar-refractivity contribution in [3.05, 3.63) is 0 Å². The quantitative estimate of drug-likeness (QED) is 0.672. The van der Waals surface area contributed by atoms with E-state index in [0.29, 0.717) is 13.0 Å². The van der Waals surface area contributed by atoms with Gasteiger partial charge < -0.3 is 4.90 Å². The standard InChI is InChI=1S/C10H18N4O3/c1-12(2)11-9(15)8-5-4-7-6-13(8)10(16)14(7)17-3/h7-8H,4-6H2,1-3H3,(H,11,15)/t7-,8+/m1/s1. The molecule has 0 saturated carbocycles. The molecule has 0 spiro atoms. The number of fused-ring (bicyclic) bond motifs is 2. The van der Waals surface area contributed by atoms with Gasteiger partial charge in [0.1, 0.15) is 6.04 Å². The highest BCUT2D eigenvalue weighted by Crippen LogP contribution is 2.29. The van der Waals surface area contributed by atoms with E-state index in [0.717, 1.165) is 6.42 Å². The number of carbonyl (C=O) groups excluding carboxylic acids is 2. The second-order valence-corrected chi connectivity index (χ2v) is 4.56. The molecule has 1 N–H and O–H groups in total. The first-order valence-corrected chi connectivity index (χ1v) is 5.66. The molecular formula is C10H18N4O3. The van der Waals surface area contributed by atoms with Crippen LogP contribution in [-0.2, 0) is 9.63 Å². The van der Waals surface area contributed by atoms with E-state index in [1.165, 1.54) is 12.2 Å². The van der Waals surface area contributed by atoms with Crippen LogP contribution in [-0.4, -0.2) is 66.7 Å². The number of nitrogens with zero attached hydrogens (tertiary/aromatic N) is 3. The van der Waals surface area contributed by atoms with Gasteiger partial charge >= 0.3 is 6.03 Å². The van der Waals surface area contributed by atoms with Gasteiger partial charge in [0.25, 0.3) is 5.91 Å². The van der Waals surface area contributed by atoms with Crippen LogP contribution >= 0.6 is 0 Å². The highest BCUT2D eigenvalue weighted by molar-refractivity contribution is 5.88. The number of piperidine rings is 1. The van der Waals surface area contributed by atoms with Crippen LogP contribution in [0.5, 0.6) is 0 Å². The molecule has 2 saturated heterocycles. The minimum atomic E-state index is -0.388. The van der Waals surface area contributed by atoms with E-state index in [4.69, 9.17) is 4.84 Å². The van der Waals surface area contributed by atoms with Crippen LogP contribution in [0.4, 0.5) is 4.79 Å². The summed E-state index contributed by atoms with van der Waals surface area (Å²) in [6.45, 7) is 0.568. The minimum Gasteiger partial charge on any atom is -0.309 e. The average Bonchev–Trinajstić information content (AvgIpc) is 2.50. The van der Waals surface area contributed by atoms with Crippen molar-refractivity contribution in [2.24, 2.45) is 0 Å². The van der Waals surface area contributed by atoms with E-state index < -0.39 is 0 Å². The molecule has 0 radical (unpaired) electrons. The Morgan fingerprint density at radius 3 is 2.76 bits per heavy atom. The molecule has 7 nitrogen and oxygen atoms in total. The molecule has 0 aromatic rings.